The number of nitrogens with one attached hydrogen (secondary N) is 1. The molecule has 7 nitrogen and oxygen atoms in total. The molecule has 0 aromatic carbocycles. The summed E-state index contributed by atoms with van der Waals surface area (Å²) < 4.78 is 29.6. The van der Waals surface area contributed by atoms with Crippen molar-refractivity contribution in [1.29, 1.82) is 0 Å². The van der Waals surface area contributed by atoms with Crippen molar-refractivity contribution in [1.82, 2.24) is 9.62 Å². The maximum absolute atomic E-state index is 11.8. The van der Waals surface area contributed by atoms with Crippen LogP contribution in [0.25, 0.3) is 0 Å². The molecule has 0 bridgehead atoms. The lowest BCUT2D eigenvalue weighted by Crippen LogP contribution is -2.36. The van der Waals surface area contributed by atoms with Gasteiger partial charge in [0.2, 0.25) is 5.09 Å². The Morgan fingerprint density at radius 3 is 2.58 bits per heavy atom. The molecule has 1 heterocycles. The number of furan rings is 1. The molecule has 0 unspecified atom stereocenters. The minimum absolute atomic E-state index is 0.104. The van der Waals surface area contributed by atoms with Crippen molar-refractivity contribution >= 4 is 15.9 Å². The molecule has 1 atom stereocenters. The third kappa shape index (κ3) is 3.55. The fourth-order valence-corrected chi connectivity index (χ4v) is 2.09. The zero-order chi connectivity index (χ0) is 14.6. The van der Waals surface area contributed by atoms with Gasteiger partial charge >= 0.3 is 0 Å². The van der Waals surface area contributed by atoms with Crippen molar-refractivity contribution in [2.75, 3.05) is 20.7 Å². The van der Waals surface area contributed by atoms with Gasteiger partial charge in [0.1, 0.15) is 0 Å². The van der Waals surface area contributed by atoms with Crippen LogP contribution in [0, 0.1) is 0 Å². The highest BCUT2D eigenvalue weighted by molar-refractivity contribution is 7.88. The quantitative estimate of drug-likeness (QED) is 0.770. The van der Waals surface area contributed by atoms with Gasteiger partial charge in [0.15, 0.2) is 5.76 Å². The molecule has 0 radical (unpaired) electrons. The molecule has 19 heavy (non-hydrogen) atoms. The largest absolute Gasteiger partial charge is 0.438 e. The zero-order valence-electron chi connectivity index (χ0n) is 11.1. The number of hydrogen-bond acceptors (Lipinski definition) is 5. The molecule has 2 N–H and O–H groups in total. The number of carbonyl (C=O) groups is 1. The maximum atomic E-state index is 11.8. The van der Waals surface area contributed by atoms with Gasteiger partial charge in [0.05, 0.1) is 12.6 Å². The molecule has 0 aliphatic heterocycles. The van der Waals surface area contributed by atoms with Gasteiger partial charge in [-0.25, -0.2) is 12.7 Å². The van der Waals surface area contributed by atoms with E-state index in [1.165, 1.54) is 26.2 Å². The molecule has 108 valence electrons. The molecule has 0 aliphatic rings. The highest BCUT2D eigenvalue weighted by Crippen LogP contribution is 2.16. The van der Waals surface area contributed by atoms with E-state index in [1.54, 1.807) is 0 Å². The molecule has 8 heteroatoms. The average Bonchev–Trinajstić information content (AvgIpc) is 2.85. The highest BCUT2D eigenvalue weighted by Gasteiger charge is 2.23. The van der Waals surface area contributed by atoms with E-state index >= 15 is 0 Å². The predicted molar refractivity (Wildman–Crippen MR) is 68.2 cm³/mol. The fourth-order valence-electron chi connectivity index (χ4n) is 1.29. The fraction of sp³-hybridized carbons (Fsp3) is 0.545. The van der Waals surface area contributed by atoms with Crippen LogP contribution in [0.1, 0.15) is 23.9 Å². The van der Waals surface area contributed by atoms with Gasteiger partial charge in [-0.05, 0) is 18.6 Å². The Morgan fingerprint density at radius 2 is 2.11 bits per heavy atom. The van der Waals surface area contributed by atoms with Crippen LogP contribution < -0.4 is 5.32 Å². The van der Waals surface area contributed by atoms with Gasteiger partial charge in [-0.2, -0.15) is 0 Å². The number of rotatable bonds is 6. The number of nitrogens with zero attached hydrogens (tertiary/aromatic N) is 1. The third-order valence-electron chi connectivity index (χ3n) is 2.59. The summed E-state index contributed by atoms with van der Waals surface area (Å²) in [5.74, 6) is -0.659. The van der Waals surface area contributed by atoms with Crippen LogP contribution in [0.5, 0.6) is 0 Å². The van der Waals surface area contributed by atoms with Gasteiger partial charge in [-0.3, -0.25) is 4.79 Å². The summed E-state index contributed by atoms with van der Waals surface area (Å²) >= 11 is 0. The van der Waals surface area contributed by atoms with E-state index in [0.717, 1.165) is 4.31 Å². The maximum Gasteiger partial charge on any atom is 0.287 e. The van der Waals surface area contributed by atoms with Crippen molar-refractivity contribution < 1.29 is 22.7 Å². The van der Waals surface area contributed by atoms with Crippen molar-refractivity contribution in [2.24, 2.45) is 0 Å². The summed E-state index contributed by atoms with van der Waals surface area (Å²) in [4.78, 5) is 11.8. The van der Waals surface area contributed by atoms with Crippen LogP contribution in [-0.4, -0.2) is 50.5 Å². The summed E-state index contributed by atoms with van der Waals surface area (Å²) in [5.41, 5.74) is 0. The number of aliphatic hydroxyl groups excluding tert-OH is 1. The Morgan fingerprint density at radius 1 is 1.47 bits per heavy atom. The Bertz CT molecular complexity index is 531. The van der Waals surface area contributed by atoms with Gasteiger partial charge in [-0.15, -0.1) is 0 Å². The normalized spacial score (nSPS) is 13.5. The van der Waals surface area contributed by atoms with Gasteiger partial charge in [0.25, 0.3) is 15.9 Å². The molecule has 0 saturated carbocycles. The number of carbonyl (C=O) groups excluding carboxylic acids is 1. The molecular formula is C11H18N2O5S. The summed E-state index contributed by atoms with van der Waals surface area (Å²) in [6.07, 6.45) is 0.561. The van der Waals surface area contributed by atoms with Crippen molar-refractivity contribution in [3.8, 4) is 0 Å². The number of aliphatic hydroxyl groups is 1. The first-order valence-electron chi connectivity index (χ1n) is 5.77. The predicted octanol–water partition coefficient (Wildman–Crippen LogP) is 0.0306. The minimum Gasteiger partial charge on any atom is -0.438 e. The first kappa shape index (κ1) is 15.7. The molecule has 0 saturated heterocycles. The van der Waals surface area contributed by atoms with Crippen LogP contribution in [-0.2, 0) is 10.0 Å². The highest BCUT2D eigenvalue weighted by atomic mass is 32.2. The minimum atomic E-state index is -3.69. The van der Waals surface area contributed by atoms with E-state index < -0.39 is 15.9 Å². The van der Waals surface area contributed by atoms with Crippen molar-refractivity contribution in [2.45, 2.75) is 24.5 Å². The molecule has 0 aliphatic carbocycles. The number of sulfonamides is 1. The number of hydrogen-bond donors (Lipinski definition) is 2. The lowest BCUT2D eigenvalue weighted by molar-refractivity contribution is 0.0881. The second-order valence-electron chi connectivity index (χ2n) is 4.17. The molecule has 0 spiro atoms. The van der Waals surface area contributed by atoms with Gasteiger partial charge in [-0.1, -0.05) is 6.92 Å². The first-order chi connectivity index (χ1) is 8.82. The van der Waals surface area contributed by atoms with E-state index in [-0.39, 0.29) is 23.5 Å². The van der Waals surface area contributed by atoms with E-state index in [9.17, 15) is 13.2 Å². The Balaban J connectivity index is 2.89. The average molecular weight is 290 g/mol. The molecule has 0 fully saturated rings. The van der Waals surface area contributed by atoms with Crippen LogP contribution in [0.4, 0.5) is 0 Å². The van der Waals surface area contributed by atoms with E-state index in [2.05, 4.69) is 5.32 Å². The second-order valence-corrected chi connectivity index (χ2v) is 6.25. The summed E-state index contributed by atoms with van der Waals surface area (Å²) in [7, 11) is -0.949. The van der Waals surface area contributed by atoms with Crippen LogP contribution in [0.3, 0.4) is 0 Å². The molecule has 1 aromatic rings. The van der Waals surface area contributed by atoms with Crippen molar-refractivity contribution in [3.63, 3.8) is 0 Å². The Kier molecular flexibility index (Phi) is 5.10. The summed E-state index contributed by atoms with van der Waals surface area (Å²) in [6, 6.07) is 2.13. The zero-order valence-corrected chi connectivity index (χ0v) is 11.9. The standard InChI is InChI=1S/C11H18N2O5S/c1-4-8(7-14)12-11(15)9-5-6-10(18-9)19(16,17)13(2)3/h5-6,8,14H,4,7H2,1-3H3,(H,12,15)/t8-/m0/s1. The first-order valence-corrected chi connectivity index (χ1v) is 7.21. The van der Waals surface area contributed by atoms with Gasteiger partial charge < -0.3 is 14.8 Å². The van der Waals surface area contributed by atoms with E-state index in [0.29, 0.717) is 6.42 Å². The second kappa shape index (κ2) is 6.18. The van der Waals surface area contributed by atoms with Crippen LogP contribution in [0.15, 0.2) is 21.6 Å². The molecule has 1 rings (SSSR count). The Labute approximate surface area is 112 Å². The summed E-state index contributed by atoms with van der Waals surface area (Å²) in [6.45, 7) is 1.62. The van der Waals surface area contributed by atoms with Crippen molar-refractivity contribution in [3.05, 3.63) is 17.9 Å². The van der Waals surface area contributed by atoms with Crippen LogP contribution in [0.2, 0.25) is 0 Å². The smallest absolute Gasteiger partial charge is 0.287 e. The van der Waals surface area contributed by atoms with E-state index in [4.69, 9.17) is 9.52 Å². The number of amides is 1. The molecular weight excluding hydrogens is 272 g/mol. The topological polar surface area (TPSA) is 99.8 Å². The van der Waals surface area contributed by atoms with Gasteiger partial charge in [0, 0.05) is 14.1 Å². The summed E-state index contributed by atoms with van der Waals surface area (Å²) in [5, 5.41) is 11.2. The van der Waals surface area contributed by atoms with Crippen LogP contribution >= 0.6 is 0 Å². The SMILES string of the molecule is CC[C@@H](CO)NC(=O)c1ccc(S(=O)(=O)N(C)C)o1. The third-order valence-corrected chi connectivity index (χ3v) is 4.28. The molecule has 1 amide bonds. The lowest BCUT2D eigenvalue weighted by Gasteiger charge is -2.12. The monoisotopic (exact) mass is 290 g/mol. The molecule has 1 aromatic heterocycles. The Hall–Kier alpha value is -1.38. The van der Waals surface area contributed by atoms with E-state index in [1.807, 2.05) is 6.92 Å². The lowest BCUT2D eigenvalue weighted by atomic mass is 10.2.